The number of rotatable bonds is 6. The number of benzene rings is 1. The van der Waals surface area contributed by atoms with E-state index in [9.17, 15) is 13.2 Å². The summed E-state index contributed by atoms with van der Waals surface area (Å²) in [6.45, 7) is 5.69. The third-order valence-corrected chi connectivity index (χ3v) is 10.5. The average Bonchev–Trinajstić information content (AvgIpc) is 3.36. The topological polar surface area (TPSA) is 81.0 Å². The zero-order chi connectivity index (χ0) is 23.8. The number of hydrogen-bond donors (Lipinski definition) is 0. The van der Waals surface area contributed by atoms with E-state index >= 15 is 0 Å². The van der Waals surface area contributed by atoms with Crippen LogP contribution in [0, 0.1) is 19.8 Å². The lowest BCUT2D eigenvalue weighted by atomic mass is 9.99. The molecule has 0 saturated carbocycles. The molecule has 0 radical (unpaired) electrons. The zero-order valence-electron chi connectivity index (χ0n) is 18.7. The number of thiazole rings is 1. The Hall–Kier alpha value is -1.56. The monoisotopic (exact) mass is 527 g/mol. The number of hydrogen-bond acceptors (Lipinski definition) is 6. The molecule has 1 saturated heterocycles. The quantitative estimate of drug-likeness (QED) is 0.481. The van der Waals surface area contributed by atoms with E-state index < -0.39 is 15.9 Å². The lowest BCUT2D eigenvalue weighted by molar-refractivity contribution is -0.122. The number of aromatic nitrogens is 1. The molecule has 1 aromatic carbocycles. The molecule has 178 valence electrons. The van der Waals surface area contributed by atoms with Gasteiger partial charge in [0.15, 0.2) is 4.80 Å². The third kappa shape index (κ3) is 5.11. The highest BCUT2D eigenvalue weighted by Gasteiger charge is 2.34. The molecule has 1 amide bonds. The highest BCUT2D eigenvalue weighted by molar-refractivity contribution is 7.91. The largest absolute Gasteiger partial charge is 0.383 e. The first-order valence-electron chi connectivity index (χ1n) is 10.6. The first-order valence-corrected chi connectivity index (χ1v) is 14.1. The van der Waals surface area contributed by atoms with E-state index in [0.717, 1.165) is 32.7 Å². The number of methoxy groups -OCH3 is 1. The highest BCUT2D eigenvalue weighted by atomic mass is 35.5. The van der Waals surface area contributed by atoms with Gasteiger partial charge in [-0.05, 0) is 56.0 Å². The summed E-state index contributed by atoms with van der Waals surface area (Å²) in [7, 11) is -2.03. The molecule has 11 heteroatoms. The molecule has 0 spiro atoms. The van der Waals surface area contributed by atoms with Crippen molar-refractivity contribution >= 4 is 60.4 Å². The Morgan fingerprint density at radius 3 is 2.76 bits per heavy atom. The van der Waals surface area contributed by atoms with E-state index in [2.05, 4.69) is 24.0 Å². The van der Waals surface area contributed by atoms with Gasteiger partial charge in [0.2, 0.25) is 0 Å². The fourth-order valence-electron chi connectivity index (χ4n) is 4.11. The maximum atomic E-state index is 13.2. The molecule has 33 heavy (non-hydrogen) atoms. The van der Waals surface area contributed by atoms with Crippen LogP contribution in [0.3, 0.4) is 0 Å². The number of sulfonamides is 1. The number of fused-ring (bicyclic) bond motifs is 1. The van der Waals surface area contributed by atoms with Gasteiger partial charge in [-0.25, -0.2) is 8.42 Å². The maximum Gasteiger partial charge on any atom is 0.252 e. The summed E-state index contributed by atoms with van der Waals surface area (Å²) in [6.07, 6.45) is 1.22. The summed E-state index contributed by atoms with van der Waals surface area (Å²) in [5.41, 5.74) is 3.31. The van der Waals surface area contributed by atoms with Gasteiger partial charge in [-0.1, -0.05) is 29.0 Å². The van der Waals surface area contributed by atoms with Gasteiger partial charge in [0.1, 0.15) is 4.21 Å². The van der Waals surface area contributed by atoms with Crippen LogP contribution in [0.15, 0.2) is 33.5 Å². The van der Waals surface area contributed by atoms with Crippen LogP contribution in [0.5, 0.6) is 0 Å². The van der Waals surface area contributed by atoms with Crippen LogP contribution in [0.1, 0.15) is 24.0 Å². The van der Waals surface area contributed by atoms with Crippen molar-refractivity contribution in [2.24, 2.45) is 10.9 Å². The molecule has 1 aliphatic heterocycles. The van der Waals surface area contributed by atoms with Crippen molar-refractivity contribution in [3.05, 3.63) is 44.5 Å². The summed E-state index contributed by atoms with van der Waals surface area (Å²) >= 11 is 8.45. The molecule has 3 aromatic rings. The summed E-state index contributed by atoms with van der Waals surface area (Å²) in [5, 5.41) is 0. The molecule has 1 fully saturated rings. The van der Waals surface area contributed by atoms with Gasteiger partial charge in [0.05, 0.1) is 27.1 Å². The number of nitrogens with zero attached hydrogens (tertiary/aromatic N) is 3. The Labute approximate surface area is 206 Å². The molecule has 2 aromatic heterocycles. The molecule has 0 bridgehead atoms. The summed E-state index contributed by atoms with van der Waals surface area (Å²) < 4.78 is 36.4. The molecule has 1 aliphatic rings. The Morgan fingerprint density at radius 2 is 2.06 bits per heavy atom. The second-order valence-electron chi connectivity index (χ2n) is 8.17. The molecule has 4 rings (SSSR count). The van der Waals surface area contributed by atoms with Crippen LogP contribution in [0.25, 0.3) is 10.2 Å². The van der Waals surface area contributed by atoms with Crippen molar-refractivity contribution in [3.63, 3.8) is 0 Å². The summed E-state index contributed by atoms with van der Waals surface area (Å²) in [5.74, 6) is -0.765. The van der Waals surface area contributed by atoms with Crippen molar-refractivity contribution in [1.29, 1.82) is 0 Å². The van der Waals surface area contributed by atoms with E-state index in [1.807, 2.05) is 11.5 Å². The normalized spacial score (nSPS) is 18.3. The van der Waals surface area contributed by atoms with Crippen molar-refractivity contribution in [2.45, 2.75) is 37.4 Å². The molecule has 1 atom stereocenters. The first-order chi connectivity index (χ1) is 15.7. The second kappa shape index (κ2) is 9.97. The minimum atomic E-state index is -3.68. The Balaban J connectivity index is 1.65. The van der Waals surface area contributed by atoms with Gasteiger partial charge in [0, 0.05) is 26.7 Å². The predicted molar refractivity (Wildman–Crippen MR) is 133 cm³/mol. The lowest BCUT2D eigenvalue weighted by Crippen LogP contribution is -2.42. The Kier molecular flexibility index (Phi) is 7.42. The van der Waals surface area contributed by atoms with Gasteiger partial charge in [-0.2, -0.15) is 9.30 Å². The van der Waals surface area contributed by atoms with Crippen LogP contribution >= 0.6 is 34.3 Å². The Morgan fingerprint density at radius 1 is 1.27 bits per heavy atom. The predicted octanol–water partition coefficient (Wildman–Crippen LogP) is 4.21. The number of amides is 1. The number of halogens is 1. The van der Waals surface area contributed by atoms with Gasteiger partial charge >= 0.3 is 0 Å². The van der Waals surface area contributed by atoms with Crippen LogP contribution < -0.4 is 4.80 Å². The van der Waals surface area contributed by atoms with Gasteiger partial charge in [-0.3, -0.25) is 4.79 Å². The number of carbonyl (C=O) groups excluding carboxylic acids is 1. The van der Waals surface area contributed by atoms with Crippen molar-refractivity contribution in [3.8, 4) is 0 Å². The molecular weight excluding hydrogens is 502 g/mol. The first kappa shape index (κ1) is 24.6. The van der Waals surface area contributed by atoms with E-state index in [1.54, 1.807) is 13.2 Å². The fraction of sp³-hybridized carbons (Fsp3) is 0.455. The molecule has 7 nitrogen and oxygen atoms in total. The van der Waals surface area contributed by atoms with Crippen LogP contribution in [-0.2, 0) is 26.1 Å². The van der Waals surface area contributed by atoms with Crippen LogP contribution in [0.2, 0.25) is 4.34 Å². The smallest absolute Gasteiger partial charge is 0.252 e. The van der Waals surface area contributed by atoms with Crippen molar-refractivity contribution < 1.29 is 17.9 Å². The Bertz CT molecular complexity index is 1360. The molecule has 3 heterocycles. The van der Waals surface area contributed by atoms with Crippen LogP contribution in [-0.4, -0.2) is 50.0 Å². The number of aryl methyl sites for hydroxylation is 2. The standard InChI is InChI=1S/C22H26ClN3O4S3/c1-14-11-15(2)20-17(12-14)26(9-10-30-3)22(32-20)24-21(27)16-5-4-8-25(13-16)33(28,29)19-7-6-18(23)31-19/h6-7,11-12,16H,4-5,8-10,13H2,1-3H3. The zero-order valence-corrected chi connectivity index (χ0v) is 21.9. The lowest BCUT2D eigenvalue weighted by Gasteiger charge is -2.29. The highest BCUT2D eigenvalue weighted by Crippen LogP contribution is 2.31. The van der Waals surface area contributed by atoms with E-state index in [4.69, 9.17) is 16.3 Å². The number of thiophene rings is 1. The number of carbonyl (C=O) groups is 1. The van der Waals surface area contributed by atoms with E-state index in [1.165, 1.54) is 21.7 Å². The third-order valence-electron chi connectivity index (χ3n) is 5.72. The minimum absolute atomic E-state index is 0.126. The molecule has 0 aliphatic carbocycles. The second-order valence-corrected chi connectivity index (χ2v) is 13.0. The molecular formula is C22H26ClN3O4S3. The summed E-state index contributed by atoms with van der Waals surface area (Å²) in [6, 6.07) is 7.30. The number of piperidine rings is 1. The van der Waals surface area contributed by atoms with Crippen molar-refractivity contribution in [1.82, 2.24) is 8.87 Å². The summed E-state index contributed by atoms with van der Waals surface area (Å²) in [4.78, 5) is 18.3. The van der Waals surface area contributed by atoms with Gasteiger partial charge in [0.25, 0.3) is 15.9 Å². The van der Waals surface area contributed by atoms with Crippen LogP contribution in [0.4, 0.5) is 0 Å². The SMILES string of the molecule is COCCn1c(=NC(=O)C2CCCN(S(=O)(=O)c3ccc(Cl)s3)C2)sc2c(C)cc(C)cc21. The van der Waals surface area contributed by atoms with Gasteiger partial charge < -0.3 is 9.30 Å². The fourth-order valence-corrected chi connectivity index (χ4v) is 8.38. The van der Waals surface area contributed by atoms with E-state index in [-0.39, 0.29) is 16.7 Å². The average molecular weight is 528 g/mol. The molecule has 0 N–H and O–H groups in total. The molecule has 1 unspecified atom stereocenters. The van der Waals surface area contributed by atoms with Crippen molar-refractivity contribution in [2.75, 3.05) is 26.8 Å². The van der Waals surface area contributed by atoms with E-state index in [0.29, 0.717) is 41.7 Å². The number of ether oxygens (including phenoxy) is 1. The minimum Gasteiger partial charge on any atom is -0.383 e. The maximum absolute atomic E-state index is 13.2. The van der Waals surface area contributed by atoms with Gasteiger partial charge in [-0.15, -0.1) is 11.3 Å².